The van der Waals surface area contributed by atoms with E-state index in [1.165, 1.54) is 12.1 Å². The summed E-state index contributed by atoms with van der Waals surface area (Å²) in [7, 11) is 0. The highest BCUT2D eigenvalue weighted by molar-refractivity contribution is 6.33. The first kappa shape index (κ1) is 14.0. The molecule has 0 spiro atoms. The van der Waals surface area contributed by atoms with Gasteiger partial charge in [0.25, 0.3) is 0 Å². The Kier molecular flexibility index (Phi) is 4.56. The molecule has 0 radical (unpaired) electrons. The SMILES string of the molecule is CC(C)NCCc1ncc(-c2ccc(F)cc2Cl)o1. The molecule has 0 aliphatic carbocycles. The molecule has 2 rings (SSSR count). The number of aromatic nitrogens is 1. The molecule has 0 amide bonds. The van der Waals surface area contributed by atoms with Crippen molar-refractivity contribution in [3.63, 3.8) is 0 Å². The minimum atomic E-state index is -0.366. The van der Waals surface area contributed by atoms with E-state index < -0.39 is 0 Å². The summed E-state index contributed by atoms with van der Waals surface area (Å²) in [6.07, 6.45) is 2.32. The van der Waals surface area contributed by atoms with Gasteiger partial charge in [-0.1, -0.05) is 25.4 Å². The maximum Gasteiger partial charge on any atom is 0.196 e. The number of benzene rings is 1. The Labute approximate surface area is 116 Å². The number of hydrogen-bond donors (Lipinski definition) is 1. The Bertz CT molecular complexity index is 554. The van der Waals surface area contributed by atoms with E-state index in [1.807, 2.05) is 0 Å². The van der Waals surface area contributed by atoms with Gasteiger partial charge >= 0.3 is 0 Å². The molecule has 0 bridgehead atoms. The smallest absolute Gasteiger partial charge is 0.196 e. The molecule has 2 aromatic rings. The van der Waals surface area contributed by atoms with Gasteiger partial charge in [0.05, 0.1) is 11.2 Å². The van der Waals surface area contributed by atoms with Crippen molar-refractivity contribution in [1.82, 2.24) is 10.3 Å². The summed E-state index contributed by atoms with van der Waals surface area (Å²) in [5.41, 5.74) is 0.652. The fraction of sp³-hybridized carbons (Fsp3) is 0.357. The lowest BCUT2D eigenvalue weighted by atomic mass is 10.2. The summed E-state index contributed by atoms with van der Waals surface area (Å²) in [6.45, 7) is 4.97. The number of nitrogens with zero attached hydrogens (tertiary/aromatic N) is 1. The lowest BCUT2D eigenvalue weighted by molar-refractivity contribution is 0.484. The standard InChI is InChI=1S/C14H16ClFN2O/c1-9(2)17-6-5-14-18-8-13(19-14)11-4-3-10(16)7-12(11)15/h3-4,7-9,17H,5-6H2,1-2H3. The van der Waals surface area contributed by atoms with Gasteiger partial charge in [-0.2, -0.15) is 0 Å². The first-order valence-electron chi connectivity index (χ1n) is 6.20. The Morgan fingerprint density at radius 1 is 1.42 bits per heavy atom. The molecular weight excluding hydrogens is 267 g/mol. The van der Waals surface area contributed by atoms with Gasteiger partial charge in [-0.05, 0) is 18.2 Å². The van der Waals surface area contributed by atoms with Gasteiger partial charge in [-0.15, -0.1) is 0 Å². The number of nitrogens with one attached hydrogen (secondary N) is 1. The summed E-state index contributed by atoms with van der Waals surface area (Å²) >= 11 is 5.98. The van der Waals surface area contributed by atoms with Crippen LogP contribution in [0.25, 0.3) is 11.3 Å². The Hall–Kier alpha value is -1.39. The molecule has 1 aromatic carbocycles. The second kappa shape index (κ2) is 6.17. The van der Waals surface area contributed by atoms with E-state index in [0.29, 0.717) is 34.7 Å². The van der Waals surface area contributed by atoms with Crippen LogP contribution in [0.4, 0.5) is 4.39 Å². The summed E-state index contributed by atoms with van der Waals surface area (Å²) < 4.78 is 18.6. The van der Waals surface area contributed by atoms with E-state index in [-0.39, 0.29) is 5.82 Å². The second-order valence-corrected chi connectivity index (χ2v) is 5.01. The second-order valence-electron chi connectivity index (χ2n) is 4.60. The molecular formula is C14H16ClFN2O. The average molecular weight is 283 g/mol. The minimum Gasteiger partial charge on any atom is -0.441 e. The zero-order valence-corrected chi connectivity index (χ0v) is 11.7. The van der Waals surface area contributed by atoms with E-state index in [9.17, 15) is 4.39 Å². The zero-order chi connectivity index (χ0) is 13.8. The molecule has 1 N–H and O–H groups in total. The van der Waals surface area contributed by atoms with Crippen LogP contribution < -0.4 is 5.32 Å². The van der Waals surface area contributed by atoms with Crippen molar-refractivity contribution in [3.8, 4) is 11.3 Å². The lowest BCUT2D eigenvalue weighted by Crippen LogP contribution is -2.24. The van der Waals surface area contributed by atoms with Crippen molar-refractivity contribution in [2.75, 3.05) is 6.54 Å². The predicted molar refractivity (Wildman–Crippen MR) is 73.7 cm³/mol. The molecule has 0 aliphatic heterocycles. The maximum absolute atomic E-state index is 13.0. The van der Waals surface area contributed by atoms with Crippen LogP contribution in [0.5, 0.6) is 0 Å². The van der Waals surface area contributed by atoms with Crippen molar-refractivity contribution >= 4 is 11.6 Å². The quantitative estimate of drug-likeness (QED) is 0.909. The molecule has 0 fully saturated rings. The van der Waals surface area contributed by atoms with Crippen LogP contribution in [-0.4, -0.2) is 17.6 Å². The lowest BCUT2D eigenvalue weighted by Gasteiger charge is -2.05. The summed E-state index contributed by atoms with van der Waals surface area (Å²) in [4.78, 5) is 4.19. The van der Waals surface area contributed by atoms with Gasteiger partial charge in [0.1, 0.15) is 5.82 Å². The first-order chi connectivity index (χ1) is 9.06. The van der Waals surface area contributed by atoms with Crippen LogP contribution in [-0.2, 0) is 6.42 Å². The van der Waals surface area contributed by atoms with Crippen molar-refractivity contribution in [1.29, 1.82) is 0 Å². The summed E-state index contributed by atoms with van der Waals surface area (Å²) in [6, 6.07) is 4.64. The van der Waals surface area contributed by atoms with Gasteiger partial charge in [0.2, 0.25) is 0 Å². The first-order valence-corrected chi connectivity index (χ1v) is 6.57. The normalized spacial score (nSPS) is 11.2. The summed E-state index contributed by atoms with van der Waals surface area (Å²) in [5.74, 6) is 0.836. The average Bonchev–Trinajstić information content (AvgIpc) is 2.77. The van der Waals surface area contributed by atoms with Gasteiger partial charge in [0, 0.05) is 24.6 Å². The van der Waals surface area contributed by atoms with E-state index in [0.717, 1.165) is 6.54 Å². The van der Waals surface area contributed by atoms with Gasteiger partial charge in [0.15, 0.2) is 11.7 Å². The number of halogens is 2. The van der Waals surface area contributed by atoms with Crippen molar-refractivity contribution in [2.24, 2.45) is 0 Å². The molecule has 0 atom stereocenters. The summed E-state index contributed by atoms with van der Waals surface area (Å²) in [5, 5.41) is 3.61. The minimum absolute atomic E-state index is 0.322. The fourth-order valence-corrected chi connectivity index (χ4v) is 1.97. The van der Waals surface area contributed by atoms with E-state index in [2.05, 4.69) is 24.1 Å². The molecule has 3 nitrogen and oxygen atoms in total. The maximum atomic E-state index is 13.0. The Morgan fingerprint density at radius 3 is 2.89 bits per heavy atom. The fourth-order valence-electron chi connectivity index (χ4n) is 1.71. The highest BCUT2D eigenvalue weighted by atomic mass is 35.5. The van der Waals surface area contributed by atoms with Crippen LogP contribution >= 0.6 is 11.6 Å². The molecule has 1 aromatic heterocycles. The largest absolute Gasteiger partial charge is 0.441 e. The molecule has 0 saturated carbocycles. The predicted octanol–water partition coefficient (Wildman–Crippen LogP) is 3.67. The number of hydrogen-bond acceptors (Lipinski definition) is 3. The molecule has 102 valence electrons. The Balaban J connectivity index is 2.08. The van der Waals surface area contributed by atoms with Gasteiger partial charge in [-0.25, -0.2) is 9.37 Å². The van der Waals surface area contributed by atoms with Crippen molar-refractivity contribution in [2.45, 2.75) is 26.3 Å². The molecule has 1 heterocycles. The van der Waals surface area contributed by atoms with Crippen molar-refractivity contribution in [3.05, 3.63) is 41.1 Å². The highest BCUT2D eigenvalue weighted by Crippen LogP contribution is 2.28. The van der Waals surface area contributed by atoms with E-state index in [1.54, 1.807) is 12.3 Å². The molecule has 19 heavy (non-hydrogen) atoms. The zero-order valence-electron chi connectivity index (χ0n) is 10.9. The van der Waals surface area contributed by atoms with Crippen LogP contribution in [0.3, 0.4) is 0 Å². The molecule has 0 unspecified atom stereocenters. The third-order valence-electron chi connectivity index (χ3n) is 2.64. The third kappa shape index (κ3) is 3.78. The van der Waals surface area contributed by atoms with Crippen LogP contribution in [0, 0.1) is 5.82 Å². The van der Waals surface area contributed by atoms with E-state index in [4.69, 9.17) is 16.0 Å². The van der Waals surface area contributed by atoms with Gasteiger partial charge in [-0.3, -0.25) is 0 Å². The number of oxazole rings is 1. The van der Waals surface area contributed by atoms with Gasteiger partial charge < -0.3 is 9.73 Å². The van der Waals surface area contributed by atoms with Crippen LogP contribution in [0.1, 0.15) is 19.7 Å². The monoisotopic (exact) mass is 282 g/mol. The van der Waals surface area contributed by atoms with Crippen LogP contribution in [0.15, 0.2) is 28.8 Å². The molecule has 0 saturated heterocycles. The number of rotatable bonds is 5. The molecule has 5 heteroatoms. The van der Waals surface area contributed by atoms with E-state index >= 15 is 0 Å². The van der Waals surface area contributed by atoms with Crippen LogP contribution in [0.2, 0.25) is 5.02 Å². The highest BCUT2D eigenvalue weighted by Gasteiger charge is 2.10. The Morgan fingerprint density at radius 2 is 2.21 bits per heavy atom. The van der Waals surface area contributed by atoms with Crippen molar-refractivity contribution < 1.29 is 8.81 Å². The third-order valence-corrected chi connectivity index (χ3v) is 2.95. The molecule has 0 aliphatic rings. The topological polar surface area (TPSA) is 38.1 Å².